The van der Waals surface area contributed by atoms with Gasteiger partial charge in [-0.25, -0.2) is 0 Å². The number of halogens is 1. The molecule has 7 nitrogen and oxygen atoms in total. The summed E-state index contributed by atoms with van der Waals surface area (Å²) >= 11 is 6.75. The van der Waals surface area contributed by atoms with Crippen molar-refractivity contribution in [1.29, 1.82) is 0 Å². The third-order valence-electron chi connectivity index (χ3n) is 9.39. The number of hydrogen-bond donors (Lipinski definition) is 1. The predicted octanol–water partition coefficient (Wildman–Crippen LogP) is 8.18. The SMILES string of the molecule is OCc1cc(C2OC(COCc3ccccc3)C(OCc3ccccc3)C(OCc3ccccc3)C2OCc2ccccc2)c2c(c1Cl)OCC2. The molecule has 5 atom stereocenters. The van der Waals surface area contributed by atoms with E-state index in [1.165, 1.54) is 0 Å². The molecule has 0 aromatic heterocycles. The highest BCUT2D eigenvalue weighted by molar-refractivity contribution is 6.33. The Balaban J connectivity index is 1.29. The molecule has 0 amide bonds. The molecule has 2 aliphatic rings. The molecule has 5 unspecified atom stereocenters. The van der Waals surface area contributed by atoms with Gasteiger partial charge >= 0.3 is 0 Å². The van der Waals surface area contributed by atoms with Gasteiger partial charge in [0, 0.05) is 17.5 Å². The first-order valence-corrected chi connectivity index (χ1v) is 17.9. The molecular formula is C43H43ClO7. The summed E-state index contributed by atoms with van der Waals surface area (Å²) in [5, 5.41) is 10.8. The van der Waals surface area contributed by atoms with E-state index in [0.717, 1.165) is 33.4 Å². The number of ether oxygens (including phenoxy) is 6. The third kappa shape index (κ3) is 8.71. The molecule has 5 aromatic carbocycles. The maximum atomic E-state index is 10.4. The Kier molecular flexibility index (Phi) is 12.1. The number of aliphatic hydroxyl groups is 1. The fraction of sp³-hybridized carbons (Fsp3) is 0.302. The van der Waals surface area contributed by atoms with Crippen LogP contribution in [0.5, 0.6) is 5.75 Å². The largest absolute Gasteiger partial charge is 0.491 e. The van der Waals surface area contributed by atoms with Gasteiger partial charge in [0.15, 0.2) is 0 Å². The van der Waals surface area contributed by atoms with Gasteiger partial charge in [-0.15, -0.1) is 0 Å². The molecule has 0 saturated carbocycles. The lowest BCUT2D eigenvalue weighted by Gasteiger charge is -2.47. The van der Waals surface area contributed by atoms with E-state index in [0.29, 0.717) is 55.8 Å². The lowest BCUT2D eigenvalue weighted by atomic mass is 9.87. The summed E-state index contributed by atoms with van der Waals surface area (Å²) in [5.41, 5.74) is 6.53. The van der Waals surface area contributed by atoms with Crippen molar-refractivity contribution >= 4 is 11.6 Å². The minimum Gasteiger partial charge on any atom is -0.491 e. The maximum Gasteiger partial charge on any atom is 0.141 e. The van der Waals surface area contributed by atoms with Gasteiger partial charge in [0.05, 0.1) is 51.3 Å². The molecule has 8 heteroatoms. The fourth-order valence-electron chi connectivity index (χ4n) is 6.82. The van der Waals surface area contributed by atoms with Gasteiger partial charge < -0.3 is 33.5 Å². The standard InChI is InChI=1S/C43H43ClO7/c44-38-34(24-45)23-36(35-21-22-47-39(35)38)40-42(49-27-32-17-9-3-10-18-32)43(50-28-33-19-11-4-12-20-33)41(48-26-31-15-7-2-8-16-31)37(51-40)29-46-25-30-13-5-1-6-14-30/h1-20,23,37,40-43,45H,21-22,24-29H2. The number of aliphatic hydroxyl groups excluding tert-OH is 1. The van der Waals surface area contributed by atoms with Crippen molar-refractivity contribution in [3.63, 3.8) is 0 Å². The van der Waals surface area contributed by atoms with Crippen molar-refractivity contribution < 1.29 is 33.5 Å². The topological polar surface area (TPSA) is 75.6 Å². The first kappa shape index (κ1) is 35.4. The number of benzene rings is 5. The van der Waals surface area contributed by atoms with Gasteiger partial charge in [0.1, 0.15) is 36.3 Å². The zero-order valence-electron chi connectivity index (χ0n) is 28.4. The van der Waals surface area contributed by atoms with Crippen molar-refractivity contribution in [2.45, 2.75) is 70.0 Å². The maximum absolute atomic E-state index is 10.4. The molecule has 0 aliphatic carbocycles. The smallest absolute Gasteiger partial charge is 0.141 e. The van der Waals surface area contributed by atoms with E-state index in [-0.39, 0.29) is 13.2 Å². The molecular weight excluding hydrogens is 664 g/mol. The lowest BCUT2D eigenvalue weighted by Crippen LogP contribution is -2.58. The van der Waals surface area contributed by atoms with E-state index >= 15 is 0 Å². The highest BCUT2D eigenvalue weighted by atomic mass is 35.5. The van der Waals surface area contributed by atoms with Crippen LogP contribution in [0.1, 0.15) is 45.0 Å². The van der Waals surface area contributed by atoms with E-state index in [1.54, 1.807) is 0 Å². The minimum atomic E-state index is -0.616. The molecule has 0 spiro atoms. The molecule has 1 saturated heterocycles. The highest BCUT2D eigenvalue weighted by Gasteiger charge is 2.50. The molecule has 51 heavy (non-hydrogen) atoms. The van der Waals surface area contributed by atoms with E-state index in [2.05, 4.69) is 0 Å². The van der Waals surface area contributed by atoms with Crippen LogP contribution in [0.4, 0.5) is 0 Å². The molecule has 2 heterocycles. The Labute approximate surface area is 304 Å². The lowest BCUT2D eigenvalue weighted by molar-refractivity contribution is -0.275. The van der Waals surface area contributed by atoms with Crippen LogP contribution < -0.4 is 4.74 Å². The molecule has 5 aromatic rings. The van der Waals surface area contributed by atoms with E-state index < -0.39 is 30.5 Å². The van der Waals surface area contributed by atoms with Crippen LogP contribution in [0.25, 0.3) is 0 Å². The van der Waals surface area contributed by atoms with E-state index in [9.17, 15) is 5.11 Å². The monoisotopic (exact) mass is 706 g/mol. The molecule has 0 bridgehead atoms. The Morgan fingerprint density at radius 1 is 0.627 bits per heavy atom. The van der Waals surface area contributed by atoms with Crippen LogP contribution in [0.3, 0.4) is 0 Å². The first-order valence-electron chi connectivity index (χ1n) is 17.5. The van der Waals surface area contributed by atoms with Crippen LogP contribution in [0, 0.1) is 0 Å². The summed E-state index contributed by atoms with van der Waals surface area (Å²) in [6.07, 6.45) is -2.25. The zero-order chi connectivity index (χ0) is 34.8. The molecule has 1 N–H and O–H groups in total. The molecule has 7 rings (SSSR count). The zero-order valence-corrected chi connectivity index (χ0v) is 29.2. The summed E-state index contributed by atoms with van der Waals surface area (Å²) < 4.78 is 40.2. The average Bonchev–Trinajstić information content (AvgIpc) is 3.69. The van der Waals surface area contributed by atoms with Gasteiger partial charge in [-0.1, -0.05) is 133 Å². The molecule has 264 valence electrons. The second kappa shape index (κ2) is 17.4. The van der Waals surface area contributed by atoms with Crippen molar-refractivity contribution in [3.05, 3.63) is 171 Å². The van der Waals surface area contributed by atoms with Gasteiger partial charge in [-0.05, 0) is 33.9 Å². The van der Waals surface area contributed by atoms with Crippen LogP contribution >= 0.6 is 11.6 Å². The number of rotatable bonds is 15. The van der Waals surface area contributed by atoms with Gasteiger partial charge in [0.25, 0.3) is 0 Å². The first-order chi connectivity index (χ1) is 25.2. The van der Waals surface area contributed by atoms with Crippen molar-refractivity contribution in [2.24, 2.45) is 0 Å². The van der Waals surface area contributed by atoms with E-state index in [4.69, 9.17) is 40.0 Å². The summed E-state index contributed by atoms with van der Waals surface area (Å²) in [5.74, 6) is 0.588. The van der Waals surface area contributed by atoms with E-state index in [1.807, 2.05) is 127 Å². The van der Waals surface area contributed by atoms with Crippen molar-refractivity contribution in [1.82, 2.24) is 0 Å². The summed E-state index contributed by atoms with van der Waals surface area (Å²) in [7, 11) is 0. The molecule has 1 fully saturated rings. The van der Waals surface area contributed by atoms with Gasteiger partial charge in [-0.3, -0.25) is 0 Å². The predicted molar refractivity (Wildman–Crippen MR) is 195 cm³/mol. The van der Waals surface area contributed by atoms with Crippen molar-refractivity contribution in [2.75, 3.05) is 13.2 Å². The second-order valence-corrected chi connectivity index (χ2v) is 13.3. The van der Waals surface area contributed by atoms with Gasteiger partial charge in [0.2, 0.25) is 0 Å². The highest BCUT2D eigenvalue weighted by Crippen LogP contribution is 2.46. The minimum absolute atomic E-state index is 0.245. The molecule has 2 aliphatic heterocycles. The number of hydrogen-bond acceptors (Lipinski definition) is 7. The Hall–Kier alpha value is -4.05. The quantitative estimate of drug-likeness (QED) is 0.118. The van der Waals surface area contributed by atoms with Crippen molar-refractivity contribution in [3.8, 4) is 5.75 Å². The molecule has 0 radical (unpaired) electrons. The van der Waals surface area contributed by atoms with Crippen LogP contribution in [0.2, 0.25) is 5.02 Å². The Morgan fingerprint density at radius 2 is 1.12 bits per heavy atom. The van der Waals surface area contributed by atoms with Gasteiger partial charge in [-0.2, -0.15) is 0 Å². The Morgan fingerprint density at radius 3 is 1.65 bits per heavy atom. The summed E-state index contributed by atoms with van der Waals surface area (Å²) in [6, 6.07) is 42.3. The second-order valence-electron chi connectivity index (χ2n) is 12.9. The Bertz CT molecular complexity index is 1810. The normalized spacial score (nSPS) is 21.3. The van der Waals surface area contributed by atoms with Crippen LogP contribution in [-0.4, -0.2) is 42.7 Å². The summed E-state index contributed by atoms with van der Waals surface area (Å²) in [4.78, 5) is 0. The van der Waals surface area contributed by atoms with Crippen LogP contribution in [0.15, 0.2) is 127 Å². The average molecular weight is 707 g/mol. The van der Waals surface area contributed by atoms with Crippen LogP contribution in [-0.2, 0) is 63.1 Å². The fourth-order valence-corrected chi connectivity index (χ4v) is 7.10. The third-order valence-corrected chi connectivity index (χ3v) is 9.81. The summed E-state index contributed by atoms with van der Waals surface area (Å²) in [6.45, 7) is 1.93. The number of fused-ring (bicyclic) bond motifs is 1.